The molecule has 0 saturated heterocycles. The predicted octanol–water partition coefficient (Wildman–Crippen LogP) is 6.76. The second-order valence-corrected chi connectivity index (χ2v) is 7.17. The number of hydrogen-bond donors (Lipinski definition) is 0. The average Bonchev–Trinajstić information content (AvgIpc) is 2.81. The second kappa shape index (κ2) is 9.00. The minimum Gasteiger partial charge on any atom is -0.205 e. The number of aryl methyl sites for hydroxylation is 1. The van der Waals surface area contributed by atoms with Crippen LogP contribution in [0.1, 0.15) is 34.7 Å². The molecular weight excluding hydrogens is 412 g/mol. The molecule has 0 nitrogen and oxygen atoms in total. The van der Waals surface area contributed by atoms with E-state index in [-0.39, 0.29) is 11.1 Å². The maximum atomic E-state index is 14.9. The normalized spacial score (nSPS) is 10.3. The van der Waals surface area contributed by atoms with Crippen LogP contribution >= 0.6 is 0 Å². The number of rotatable bonds is 1. The highest BCUT2D eigenvalue weighted by molar-refractivity contribution is 5.86. The van der Waals surface area contributed by atoms with Crippen LogP contribution in [0.3, 0.4) is 0 Å². The maximum Gasteiger partial charge on any atom is 0.194 e. The van der Waals surface area contributed by atoms with Gasteiger partial charge in [0.2, 0.25) is 0 Å². The molecule has 0 aromatic heterocycles. The number of halogens is 4. The monoisotopic (exact) mass is 428 g/mol. The van der Waals surface area contributed by atoms with Crippen LogP contribution in [0, 0.1) is 47.0 Å². The Morgan fingerprint density at radius 3 is 1.91 bits per heavy atom. The summed E-state index contributed by atoms with van der Waals surface area (Å²) in [5, 5.41) is 1.01. The van der Waals surface area contributed by atoms with E-state index < -0.39 is 23.3 Å². The summed E-state index contributed by atoms with van der Waals surface area (Å²) in [5.74, 6) is 6.41. The van der Waals surface area contributed by atoms with Crippen LogP contribution in [0.5, 0.6) is 0 Å². The van der Waals surface area contributed by atoms with E-state index in [0.717, 1.165) is 29.7 Å². The molecule has 0 radical (unpaired) electrons. The van der Waals surface area contributed by atoms with Crippen molar-refractivity contribution in [3.05, 3.63) is 118 Å². The molecule has 0 atom stereocenters. The zero-order valence-electron chi connectivity index (χ0n) is 17.1. The third-order valence-corrected chi connectivity index (χ3v) is 4.99. The fourth-order valence-corrected chi connectivity index (χ4v) is 3.20. The van der Waals surface area contributed by atoms with Crippen molar-refractivity contribution in [1.29, 1.82) is 0 Å². The van der Waals surface area contributed by atoms with Crippen LogP contribution in [0.25, 0.3) is 10.8 Å². The van der Waals surface area contributed by atoms with Crippen molar-refractivity contribution < 1.29 is 17.6 Å². The summed E-state index contributed by atoms with van der Waals surface area (Å²) in [6.45, 7) is 2.09. The largest absolute Gasteiger partial charge is 0.205 e. The summed E-state index contributed by atoms with van der Waals surface area (Å²) >= 11 is 0. The molecule has 0 amide bonds. The molecule has 4 aromatic rings. The molecule has 0 N–H and O–H groups in total. The fourth-order valence-electron chi connectivity index (χ4n) is 3.20. The summed E-state index contributed by atoms with van der Waals surface area (Å²) in [7, 11) is 0. The molecule has 0 aliphatic heterocycles. The molecule has 0 aliphatic carbocycles. The molecular formula is C28H16F4. The van der Waals surface area contributed by atoms with Gasteiger partial charge in [-0.05, 0) is 59.8 Å². The lowest BCUT2D eigenvalue weighted by molar-refractivity contribution is 0.446. The molecule has 0 heterocycles. The Bertz CT molecular complexity index is 1420. The van der Waals surface area contributed by atoms with E-state index in [0.29, 0.717) is 10.8 Å². The highest BCUT2D eigenvalue weighted by atomic mass is 19.2. The van der Waals surface area contributed by atoms with Crippen molar-refractivity contribution >= 4 is 10.8 Å². The molecule has 4 rings (SSSR count). The van der Waals surface area contributed by atoms with Crippen molar-refractivity contribution in [3.8, 4) is 23.7 Å². The van der Waals surface area contributed by atoms with Crippen molar-refractivity contribution in [2.75, 3.05) is 0 Å². The Balaban J connectivity index is 1.63. The van der Waals surface area contributed by atoms with E-state index in [4.69, 9.17) is 0 Å². The minimum atomic E-state index is -1.57. The van der Waals surface area contributed by atoms with Gasteiger partial charge in [0, 0.05) is 22.1 Å². The van der Waals surface area contributed by atoms with Crippen LogP contribution in [-0.4, -0.2) is 0 Å². The Hall–Kier alpha value is -4.02. The summed E-state index contributed by atoms with van der Waals surface area (Å²) in [6, 6.07) is 17.9. The van der Waals surface area contributed by atoms with Gasteiger partial charge in [-0.1, -0.05) is 54.9 Å². The van der Waals surface area contributed by atoms with E-state index in [9.17, 15) is 17.6 Å². The van der Waals surface area contributed by atoms with Gasteiger partial charge in [-0.15, -0.1) is 0 Å². The molecule has 0 aliphatic rings. The van der Waals surface area contributed by atoms with E-state index in [2.05, 4.69) is 30.6 Å². The van der Waals surface area contributed by atoms with Gasteiger partial charge < -0.3 is 0 Å². The van der Waals surface area contributed by atoms with Crippen molar-refractivity contribution in [1.82, 2.24) is 0 Å². The molecule has 32 heavy (non-hydrogen) atoms. The SMILES string of the molecule is CCc1ccc(C#Cc2ccc3c(F)c(C#Cc4cc(F)c(F)c(F)c4)ccc3c2)cc1. The number of fused-ring (bicyclic) bond motifs is 1. The first-order valence-corrected chi connectivity index (χ1v) is 9.94. The number of benzene rings is 4. The van der Waals surface area contributed by atoms with Gasteiger partial charge in [-0.3, -0.25) is 0 Å². The first kappa shape index (κ1) is 21.2. The standard InChI is InChI=1S/C28H16F4/c1-2-18-3-5-19(6-4-18)7-8-20-10-14-24-23(15-20)13-12-22(27(24)31)11-9-21-16-25(29)28(32)26(30)17-21/h3-6,10,12-17H,2H2,1H3. The van der Waals surface area contributed by atoms with E-state index in [1.807, 2.05) is 24.3 Å². The summed E-state index contributed by atoms with van der Waals surface area (Å²) < 4.78 is 54.6. The highest BCUT2D eigenvalue weighted by Crippen LogP contribution is 2.22. The third-order valence-electron chi connectivity index (χ3n) is 4.99. The fraction of sp³-hybridized carbons (Fsp3) is 0.0714. The van der Waals surface area contributed by atoms with Crippen LogP contribution in [0.4, 0.5) is 17.6 Å². The van der Waals surface area contributed by atoms with E-state index in [1.54, 1.807) is 24.3 Å². The quantitative estimate of drug-likeness (QED) is 0.179. The van der Waals surface area contributed by atoms with Crippen molar-refractivity contribution in [2.45, 2.75) is 13.3 Å². The lowest BCUT2D eigenvalue weighted by atomic mass is 10.0. The topological polar surface area (TPSA) is 0 Å². The summed E-state index contributed by atoms with van der Waals surface area (Å²) in [5.41, 5.74) is 2.86. The first-order chi connectivity index (χ1) is 15.4. The molecule has 4 aromatic carbocycles. The zero-order valence-corrected chi connectivity index (χ0v) is 17.1. The summed E-state index contributed by atoms with van der Waals surface area (Å²) in [4.78, 5) is 0. The summed E-state index contributed by atoms with van der Waals surface area (Å²) in [6.07, 6.45) is 0.966. The highest BCUT2D eigenvalue weighted by Gasteiger charge is 2.10. The molecule has 4 heteroatoms. The van der Waals surface area contributed by atoms with Gasteiger partial charge in [-0.25, -0.2) is 17.6 Å². The van der Waals surface area contributed by atoms with Gasteiger partial charge in [0.25, 0.3) is 0 Å². The van der Waals surface area contributed by atoms with E-state index >= 15 is 0 Å². The lowest BCUT2D eigenvalue weighted by Crippen LogP contribution is -1.92. The molecule has 156 valence electrons. The minimum absolute atomic E-state index is 0.0671. The van der Waals surface area contributed by atoms with Gasteiger partial charge in [-0.2, -0.15) is 0 Å². The smallest absolute Gasteiger partial charge is 0.194 e. The maximum absolute atomic E-state index is 14.9. The second-order valence-electron chi connectivity index (χ2n) is 7.17. The Morgan fingerprint density at radius 1 is 0.594 bits per heavy atom. The predicted molar refractivity (Wildman–Crippen MR) is 118 cm³/mol. The molecule has 0 unspecified atom stereocenters. The van der Waals surface area contributed by atoms with E-state index in [1.165, 1.54) is 11.6 Å². The molecule has 0 saturated carbocycles. The van der Waals surface area contributed by atoms with Gasteiger partial charge in [0.05, 0.1) is 5.56 Å². The number of hydrogen-bond acceptors (Lipinski definition) is 0. The Morgan fingerprint density at radius 2 is 1.22 bits per heavy atom. The Kier molecular flexibility index (Phi) is 5.97. The van der Waals surface area contributed by atoms with Gasteiger partial charge >= 0.3 is 0 Å². The Labute approximate surface area is 183 Å². The average molecular weight is 428 g/mol. The van der Waals surface area contributed by atoms with Crippen LogP contribution < -0.4 is 0 Å². The lowest BCUT2D eigenvalue weighted by Gasteiger charge is -2.03. The molecule has 0 spiro atoms. The van der Waals surface area contributed by atoms with Crippen LogP contribution in [-0.2, 0) is 6.42 Å². The van der Waals surface area contributed by atoms with Crippen molar-refractivity contribution in [3.63, 3.8) is 0 Å². The third kappa shape index (κ3) is 4.51. The van der Waals surface area contributed by atoms with Gasteiger partial charge in [0.15, 0.2) is 17.5 Å². The van der Waals surface area contributed by atoms with Crippen LogP contribution in [0.15, 0.2) is 66.7 Å². The molecule has 0 fully saturated rings. The van der Waals surface area contributed by atoms with Crippen molar-refractivity contribution in [2.24, 2.45) is 0 Å². The first-order valence-electron chi connectivity index (χ1n) is 9.94. The molecule has 0 bridgehead atoms. The zero-order chi connectivity index (χ0) is 22.7. The van der Waals surface area contributed by atoms with Crippen LogP contribution in [0.2, 0.25) is 0 Å². The van der Waals surface area contributed by atoms with Gasteiger partial charge in [0.1, 0.15) is 5.82 Å².